The number of benzene rings is 1. The third kappa shape index (κ3) is 5.50. The number of rotatable bonds is 6. The summed E-state index contributed by atoms with van der Waals surface area (Å²) in [4.78, 5) is 24.5. The second kappa shape index (κ2) is 8.39. The lowest BCUT2D eigenvalue weighted by Gasteiger charge is -2.34. The van der Waals surface area contributed by atoms with Gasteiger partial charge >= 0.3 is 5.97 Å². The average Bonchev–Trinajstić information content (AvgIpc) is 2.59. The number of piperazine rings is 1. The van der Waals surface area contributed by atoms with E-state index in [-0.39, 0.29) is 50.9 Å². The van der Waals surface area contributed by atoms with E-state index in [0.29, 0.717) is 5.56 Å². The molecule has 0 unspecified atom stereocenters. The van der Waals surface area contributed by atoms with Gasteiger partial charge in [0.2, 0.25) is 10.0 Å². The number of hydrogen-bond donors (Lipinski definition) is 0. The Morgan fingerprint density at radius 2 is 1.72 bits per heavy atom. The van der Waals surface area contributed by atoms with Crippen LogP contribution in [0.2, 0.25) is 0 Å². The van der Waals surface area contributed by atoms with E-state index in [0.717, 1.165) is 0 Å². The lowest BCUT2D eigenvalue weighted by atomic mass is 10.2. The van der Waals surface area contributed by atoms with Crippen molar-refractivity contribution >= 4 is 21.9 Å². The summed E-state index contributed by atoms with van der Waals surface area (Å²) in [6.45, 7) is 2.31. The van der Waals surface area contributed by atoms with Gasteiger partial charge in [-0.2, -0.15) is 4.31 Å². The first-order chi connectivity index (χ1) is 11.8. The van der Waals surface area contributed by atoms with Crippen LogP contribution in [0.3, 0.4) is 0 Å². The maximum absolute atomic E-state index is 12.9. The van der Waals surface area contributed by atoms with E-state index in [1.54, 1.807) is 4.90 Å². The van der Waals surface area contributed by atoms with E-state index in [9.17, 15) is 22.4 Å². The molecule has 1 heterocycles. The minimum Gasteiger partial charge on any atom is -0.466 e. The van der Waals surface area contributed by atoms with Crippen LogP contribution in [-0.2, 0) is 19.6 Å². The molecule has 1 aromatic carbocycles. The first kappa shape index (κ1) is 19.3. The standard InChI is InChI=1S/C16H21FN2O5S/c1-13(20)24-11-2-12-25(22,23)19-9-7-18(8-10-19)16(21)14-3-5-15(17)6-4-14/h3-6H,2,7-12H2,1H3. The zero-order valence-electron chi connectivity index (χ0n) is 14.0. The summed E-state index contributed by atoms with van der Waals surface area (Å²) in [6.07, 6.45) is 0.233. The number of nitrogens with zero attached hydrogens (tertiary/aromatic N) is 2. The van der Waals surface area contributed by atoms with Crippen LogP contribution in [0.15, 0.2) is 24.3 Å². The molecule has 1 amide bonds. The molecular weight excluding hydrogens is 351 g/mol. The highest BCUT2D eigenvalue weighted by molar-refractivity contribution is 7.89. The summed E-state index contributed by atoms with van der Waals surface area (Å²) in [5.74, 6) is -1.20. The van der Waals surface area contributed by atoms with Gasteiger partial charge in [-0.1, -0.05) is 0 Å². The molecule has 0 bridgehead atoms. The monoisotopic (exact) mass is 372 g/mol. The molecule has 1 saturated heterocycles. The summed E-state index contributed by atoms with van der Waals surface area (Å²) < 4.78 is 43.5. The Balaban J connectivity index is 1.84. The zero-order valence-corrected chi connectivity index (χ0v) is 14.8. The van der Waals surface area contributed by atoms with E-state index in [1.165, 1.54) is 35.5 Å². The molecule has 0 saturated carbocycles. The fourth-order valence-corrected chi connectivity index (χ4v) is 3.99. The van der Waals surface area contributed by atoms with Crippen molar-refractivity contribution in [3.63, 3.8) is 0 Å². The number of sulfonamides is 1. The van der Waals surface area contributed by atoms with E-state index < -0.39 is 21.8 Å². The summed E-state index contributed by atoms with van der Waals surface area (Å²) in [5.41, 5.74) is 0.374. The van der Waals surface area contributed by atoms with Gasteiger partial charge in [0.05, 0.1) is 12.4 Å². The molecule has 7 nitrogen and oxygen atoms in total. The molecule has 0 aliphatic carbocycles. The first-order valence-electron chi connectivity index (χ1n) is 7.95. The number of esters is 1. The fourth-order valence-electron chi connectivity index (χ4n) is 2.53. The van der Waals surface area contributed by atoms with Gasteiger partial charge in [0.15, 0.2) is 0 Å². The van der Waals surface area contributed by atoms with Crippen molar-refractivity contribution in [1.82, 2.24) is 9.21 Å². The van der Waals surface area contributed by atoms with Gasteiger partial charge in [0.25, 0.3) is 5.91 Å². The smallest absolute Gasteiger partial charge is 0.302 e. The van der Waals surface area contributed by atoms with Crippen LogP contribution >= 0.6 is 0 Å². The lowest BCUT2D eigenvalue weighted by Crippen LogP contribution is -2.51. The number of halogens is 1. The van der Waals surface area contributed by atoms with Gasteiger partial charge in [0.1, 0.15) is 5.82 Å². The van der Waals surface area contributed by atoms with Crippen LogP contribution < -0.4 is 0 Å². The van der Waals surface area contributed by atoms with Gasteiger partial charge in [0, 0.05) is 38.7 Å². The molecular formula is C16H21FN2O5S. The Morgan fingerprint density at radius 3 is 2.28 bits per heavy atom. The van der Waals surface area contributed by atoms with Crippen molar-refractivity contribution in [3.8, 4) is 0 Å². The van der Waals surface area contributed by atoms with Crippen LogP contribution in [0.1, 0.15) is 23.7 Å². The highest BCUT2D eigenvalue weighted by Gasteiger charge is 2.28. The van der Waals surface area contributed by atoms with E-state index in [2.05, 4.69) is 0 Å². The summed E-state index contributed by atoms with van der Waals surface area (Å²) in [7, 11) is -3.45. The van der Waals surface area contributed by atoms with Crippen molar-refractivity contribution in [2.45, 2.75) is 13.3 Å². The molecule has 0 spiro atoms. The van der Waals surface area contributed by atoms with Crippen LogP contribution in [0.5, 0.6) is 0 Å². The molecule has 1 aromatic rings. The SMILES string of the molecule is CC(=O)OCCCS(=O)(=O)N1CCN(C(=O)c2ccc(F)cc2)CC1. The lowest BCUT2D eigenvalue weighted by molar-refractivity contribution is -0.140. The highest BCUT2D eigenvalue weighted by Crippen LogP contribution is 2.13. The van der Waals surface area contributed by atoms with Crippen molar-refractivity contribution in [3.05, 3.63) is 35.6 Å². The Bertz CT molecular complexity index is 713. The van der Waals surface area contributed by atoms with Crippen LogP contribution in [0, 0.1) is 5.82 Å². The molecule has 9 heteroatoms. The largest absolute Gasteiger partial charge is 0.466 e. The fraction of sp³-hybridized carbons (Fsp3) is 0.500. The minimum absolute atomic E-state index is 0.0670. The Labute approximate surface area is 146 Å². The molecule has 0 aromatic heterocycles. The highest BCUT2D eigenvalue weighted by atomic mass is 32.2. The summed E-state index contributed by atoms with van der Waals surface area (Å²) >= 11 is 0. The van der Waals surface area contributed by atoms with E-state index in [4.69, 9.17) is 4.74 Å². The second-order valence-corrected chi connectivity index (χ2v) is 7.80. The van der Waals surface area contributed by atoms with Gasteiger partial charge in [-0.05, 0) is 30.7 Å². The molecule has 0 atom stereocenters. The first-order valence-corrected chi connectivity index (χ1v) is 9.56. The second-order valence-electron chi connectivity index (χ2n) is 5.71. The van der Waals surface area contributed by atoms with Gasteiger partial charge in [-0.25, -0.2) is 12.8 Å². The molecule has 1 fully saturated rings. The molecule has 0 N–H and O–H groups in total. The average molecular weight is 372 g/mol. The van der Waals surface area contributed by atoms with Crippen LogP contribution in [-0.4, -0.2) is 68.0 Å². The maximum atomic E-state index is 12.9. The zero-order chi connectivity index (χ0) is 18.4. The number of amides is 1. The third-order valence-corrected chi connectivity index (χ3v) is 5.82. The van der Waals surface area contributed by atoms with E-state index in [1.807, 2.05) is 0 Å². The predicted molar refractivity (Wildman–Crippen MR) is 88.9 cm³/mol. The molecule has 1 aliphatic heterocycles. The van der Waals surface area contributed by atoms with Gasteiger partial charge < -0.3 is 9.64 Å². The molecule has 25 heavy (non-hydrogen) atoms. The maximum Gasteiger partial charge on any atom is 0.302 e. The minimum atomic E-state index is -3.45. The Kier molecular flexibility index (Phi) is 6.49. The quantitative estimate of drug-likeness (QED) is 0.546. The molecule has 1 aliphatic rings. The van der Waals surface area contributed by atoms with Crippen molar-refractivity contribution in [2.24, 2.45) is 0 Å². The van der Waals surface area contributed by atoms with Crippen molar-refractivity contribution < 1.29 is 27.1 Å². The Hall–Kier alpha value is -2.00. The number of carbonyl (C=O) groups is 2. The van der Waals surface area contributed by atoms with Crippen LogP contribution in [0.25, 0.3) is 0 Å². The number of hydrogen-bond acceptors (Lipinski definition) is 5. The van der Waals surface area contributed by atoms with Crippen molar-refractivity contribution in [1.29, 1.82) is 0 Å². The molecule has 2 rings (SSSR count). The third-order valence-electron chi connectivity index (χ3n) is 3.86. The topological polar surface area (TPSA) is 84.0 Å². The Morgan fingerprint density at radius 1 is 1.12 bits per heavy atom. The van der Waals surface area contributed by atoms with Crippen molar-refractivity contribution in [2.75, 3.05) is 38.5 Å². The predicted octanol–water partition coefficient (Wildman–Crippen LogP) is 0.867. The molecule has 0 radical (unpaired) electrons. The summed E-state index contributed by atoms with van der Waals surface area (Å²) in [6, 6.07) is 5.26. The van der Waals surface area contributed by atoms with Gasteiger partial charge in [-0.15, -0.1) is 0 Å². The van der Waals surface area contributed by atoms with E-state index >= 15 is 0 Å². The number of ether oxygens (including phenoxy) is 1. The van der Waals surface area contributed by atoms with Gasteiger partial charge in [-0.3, -0.25) is 9.59 Å². The number of carbonyl (C=O) groups excluding carboxylic acids is 2. The normalized spacial score (nSPS) is 15.8. The molecule has 138 valence electrons. The van der Waals surface area contributed by atoms with Crippen LogP contribution in [0.4, 0.5) is 4.39 Å². The summed E-state index contributed by atoms with van der Waals surface area (Å²) in [5, 5.41) is 0.